The molecule has 1 atom stereocenters. The predicted octanol–water partition coefficient (Wildman–Crippen LogP) is 5.56. The minimum atomic E-state index is -4.33. The van der Waals surface area contributed by atoms with Gasteiger partial charge in [-0.05, 0) is 80.3 Å². The van der Waals surface area contributed by atoms with E-state index in [2.05, 4.69) is 5.32 Å². The number of nitrogens with zero attached hydrogens (tertiary/aromatic N) is 2. The van der Waals surface area contributed by atoms with Crippen LogP contribution in [0.4, 0.5) is 5.69 Å². The molecule has 0 radical (unpaired) electrons. The van der Waals surface area contributed by atoms with Gasteiger partial charge in [0.2, 0.25) is 11.8 Å². The van der Waals surface area contributed by atoms with Crippen molar-refractivity contribution in [3.63, 3.8) is 0 Å². The van der Waals surface area contributed by atoms with Crippen molar-refractivity contribution in [2.75, 3.05) is 38.8 Å². The van der Waals surface area contributed by atoms with Gasteiger partial charge in [-0.25, -0.2) is 8.42 Å². The zero-order valence-electron chi connectivity index (χ0n) is 28.4. The van der Waals surface area contributed by atoms with E-state index in [9.17, 15) is 18.0 Å². The second kappa shape index (κ2) is 17.1. The number of benzene rings is 3. The van der Waals surface area contributed by atoms with Crippen LogP contribution in [0, 0.1) is 0 Å². The highest BCUT2D eigenvalue weighted by Gasteiger charge is 2.35. The number of hydrogen-bond acceptors (Lipinski definition) is 8. The van der Waals surface area contributed by atoms with Crippen LogP contribution in [0.1, 0.15) is 57.9 Å². The van der Waals surface area contributed by atoms with Crippen molar-refractivity contribution in [3.8, 4) is 23.0 Å². The summed E-state index contributed by atoms with van der Waals surface area (Å²) >= 11 is 0. The Labute approximate surface area is 284 Å². The third-order valence-electron chi connectivity index (χ3n) is 8.51. The molecule has 0 spiro atoms. The van der Waals surface area contributed by atoms with Crippen molar-refractivity contribution in [1.82, 2.24) is 10.2 Å². The van der Waals surface area contributed by atoms with Crippen molar-refractivity contribution in [1.29, 1.82) is 0 Å². The van der Waals surface area contributed by atoms with Crippen LogP contribution >= 0.6 is 0 Å². The Morgan fingerprint density at radius 2 is 1.48 bits per heavy atom. The van der Waals surface area contributed by atoms with E-state index < -0.39 is 28.5 Å². The highest BCUT2D eigenvalue weighted by molar-refractivity contribution is 7.92. The molecule has 48 heavy (non-hydrogen) atoms. The fraction of sp³-hybridized carbons (Fsp3) is 0.444. The molecule has 3 aromatic rings. The molecule has 260 valence electrons. The number of methoxy groups -OCH3 is 3. The molecule has 1 aliphatic rings. The van der Waals surface area contributed by atoms with E-state index in [0.717, 1.165) is 42.0 Å². The van der Waals surface area contributed by atoms with E-state index in [-0.39, 0.29) is 34.8 Å². The molecule has 1 unspecified atom stereocenters. The summed E-state index contributed by atoms with van der Waals surface area (Å²) in [5.41, 5.74) is 1.02. The molecule has 0 saturated heterocycles. The number of sulfonamides is 1. The van der Waals surface area contributed by atoms with E-state index in [1.165, 1.54) is 37.3 Å². The number of rotatable bonds is 16. The summed E-state index contributed by atoms with van der Waals surface area (Å²) in [5.74, 6) is 1.02. The van der Waals surface area contributed by atoms with Crippen LogP contribution in [-0.2, 0) is 26.2 Å². The van der Waals surface area contributed by atoms with E-state index in [4.69, 9.17) is 18.9 Å². The average molecular weight is 682 g/mol. The molecule has 1 aliphatic carbocycles. The molecule has 3 aromatic carbocycles. The Morgan fingerprint density at radius 1 is 0.833 bits per heavy atom. The van der Waals surface area contributed by atoms with Gasteiger partial charge in [0.05, 0.1) is 38.5 Å². The van der Waals surface area contributed by atoms with Gasteiger partial charge in [-0.2, -0.15) is 0 Å². The molecule has 1 saturated carbocycles. The van der Waals surface area contributed by atoms with Gasteiger partial charge in [-0.15, -0.1) is 0 Å². The maximum Gasteiger partial charge on any atom is 0.264 e. The molecule has 0 bridgehead atoms. The maximum absolute atomic E-state index is 14.5. The van der Waals surface area contributed by atoms with Crippen LogP contribution in [-0.4, -0.2) is 71.7 Å². The van der Waals surface area contributed by atoms with E-state index in [1.54, 1.807) is 43.5 Å². The summed E-state index contributed by atoms with van der Waals surface area (Å²) in [7, 11) is 0.121. The summed E-state index contributed by atoms with van der Waals surface area (Å²) in [6, 6.07) is 17.2. The van der Waals surface area contributed by atoms with Crippen LogP contribution in [0.15, 0.2) is 71.6 Å². The smallest absolute Gasteiger partial charge is 0.264 e. The second-order valence-electron chi connectivity index (χ2n) is 11.6. The number of amides is 2. The number of anilines is 1. The first-order valence-corrected chi connectivity index (χ1v) is 17.8. The fourth-order valence-electron chi connectivity index (χ4n) is 5.90. The van der Waals surface area contributed by atoms with Crippen molar-refractivity contribution in [3.05, 3.63) is 72.3 Å². The number of hydrogen-bond donors (Lipinski definition) is 1. The van der Waals surface area contributed by atoms with Gasteiger partial charge in [0.15, 0.2) is 11.5 Å². The van der Waals surface area contributed by atoms with Crippen LogP contribution in [0.3, 0.4) is 0 Å². The van der Waals surface area contributed by atoms with E-state index >= 15 is 0 Å². The molecule has 11 nitrogen and oxygen atoms in total. The lowest BCUT2D eigenvalue weighted by Gasteiger charge is -2.34. The molecular formula is C36H47N3O8S. The zero-order valence-corrected chi connectivity index (χ0v) is 29.3. The number of ether oxygens (including phenoxy) is 4. The lowest BCUT2D eigenvalue weighted by molar-refractivity contribution is -0.140. The lowest BCUT2D eigenvalue weighted by Crippen LogP contribution is -2.54. The molecule has 1 fully saturated rings. The Morgan fingerprint density at radius 3 is 2.06 bits per heavy atom. The summed E-state index contributed by atoms with van der Waals surface area (Å²) < 4.78 is 51.4. The summed E-state index contributed by atoms with van der Waals surface area (Å²) in [6.45, 7) is 3.67. The first-order chi connectivity index (χ1) is 23.1. The highest BCUT2D eigenvalue weighted by atomic mass is 32.2. The summed E-state index contributed by atoms with van der Waals surface area (Å²) in [6.07, 6.45) is 5.35. The molecule has 0 heterocycles. The van der Waals surface area contributed by atoms with Gasteiger partial charge in [0.1, 0.15) is 24.1 Å². The highest BCUT2D eigenvalue weighted by Crippen LogP contribution is 2.33. The van der Waals surface area contributed by atoms with Gasteiger partial charge in [0, 0.05) is 18.7 Å². The molecular weight excluding hydrogens is 634 g/mol. The minimum absolute atomic E-state index is 0.0454. The van der Waals surface area contributed by atoms with Gasteiger partial charge in [-0.3, -0.25) is 13.9 Å². The van der Waals surface area contributed by atoms with Gasteiger partial charge >= 0.3 is 0 Å². The van der Waals surface area contributed by atoms with E-state index in [1.807, 2.05) is 26.0 Å². The third kappa shape index (κ3) is 8.91. The fourth-order valence-corrected chi connectivity index (χ4v) is 7.33. The van der Waals surface area contributed by atoms with Crippen LogP contribution < -0.4 is 28.6 Å². The second-order valence-corrected chi connectivity index (χ2v) is 13.5. The Hall–Kier alpha value is -4.45. The first kappa shape index (κ1) is 36.4. The zero-order chi connectivity index (χ0) is 34.7. The van der Waals surface area contributed by atoms with Crippen LogP contribution in [0.25, 0.3) is 0 Å². The van der Waals surface area contributed by atoms with Crippen molar-refractivity contribution < 1.29 is 37.0 Å². The van der Waals surface area contributed by atoms with Crippen molar-refractivity contribution in [2.24, 2.45) is 0 Å². The Bertz CT molecular complexity index is 1610. The average Bonchev–Trinajstić information content (AvgIpc) is 3.11. The van der Waals surface area contributed by atoms with E-state index in [0.29, 0.717) is 30.3 Å². The molecule has 0 aromatic heterocycles. The van der Waals surface area contributed by atoms with Crippen molar-refractivity contribution >= 4 is 27.5 Å². The Kier molecular flexibility index (Phi) is 13.0. The van der Waals surface area contributed by atoms with Crippen molar-refractivity contribution in [2.45, 2.75) is 75.9 Å². The normalized spacial score (nSPS) is 14.0. The third-order valence-corrected chi connectivity index (χ3v) is 10.3. The molecule has 1 N–H and O–H groups in total. The quantitative estimate of drug-likeness (QED) is 0.209. The summed E-state index contributed by atoms with van der Waals surface area (Å²) in [4.78, 5) is 29.6. The van der Waals surface area contributed by atoms with Crippen LogP contribution in [0.5, 0.6) is 23.0 Å². The Balaban J connectivity index is 1.74. The minimum Gasteiger partial charge on any atom is -0.497 e. The predicted molar refractivity (Wildman–Crippen MR) is 184 cm³/mol. The van der Waals surface area contributed by atoms with Crippen LogP contribution in [0.2, 0.25) is 0 Å². The number of nitrogens with one attached hydrogen (secondary N) is 1. The SMILES string of the molecule is CCOc1ccc(N(CC(=O)N(Cc2ccc(OC)cc2)C(CC)C(=O)NC2CCCCC2)S(=O)(=O)c2ccc(OC)c(OC)c2)cc1. The topological polar surface area (TPSA) is 124 Å². The molecule has 12 heteroatoms. The standard InChI is InChI=1S/C36H47N3O8S/c1-6-32(36(41)37-27-11-9-8-10-12-27)38(24-26-13-17-29(44-3)18-14-26)35(40)25-39(28-15-19-30(20-16-28)47-7-2)48(42,43)31-21-22-33(45-4)34(23-31)46-5/h13-23,27,32H,6-12,24-25H2,1-5H3,(H,37,41). The number of carbonyl (C=O) groups excluding carboxylic acids is 2. The largest absolute Gasteiger partial charge is 0.497 e. The monoisotopic (exact) mass is 681 g/mol. The maximum atomic E-state index is 14.5. The summed E-state index contributed by atoms with van der Waals surface area (Å²) in [5, 5.41) is 3.17. The first-order valence-electron chi connectivity index (χ1n) is 16.4. The molecule has 2 amide bonds. The molecule has 4 rings (SSSR count). The number of carbonyl (C=O) groups is 2. The van der Waals surface area contributed by atoms with Gasteiger partial charge in [-0.1, -0.05) is 38.3 Å². The van der Waals surface area contributed by atoms with Gasteiger partial charge < -0.3 is 29.2 Å². The lowest BCUT2D eigenvalue weighted by atomic mass is 9.95. The molecule has 0 aliphatic heterocycles. The van der Waals surface area contributed by atoms with Gasteiger partial charge in [0.25, 0.3) is 10.0 Å².